The third-order valence-electron chi connectivity index (χ3n) is 2.37. The van der Waals surface area contributed by atoms with Gasteiger partial charge >= 0.3 is 0 Å². The van der Waals surface area contributed by atoms with Gasteiger partial charge in [0.15, 0.2) is 0 Å². The minimum Gasteiger partial charge on any atom is -0.492 e. The molecular formula is C12H15N3O3S. The van der Waals surface area contributed by atoms with Gasteiger partial charge in [-0.15, -0.1) is 0 Å². The van der Waals surface area contributed by atoms with Crippen LogP contribution in [0.25, 0.3) is 0 Å². The summed E-state index contributed by atoms with van der Waals surface area (Å²) >= 11 is 0. The smallest absolute Gasteiger partial charge is 0.263 e. The zero-order valence-corrected chi connectivity index (χ0v) is 11.0. The van der Waals surface area contributed by atoms with E-state index in [9.17, 15) is 8.42 Å². The van der Waals surface area contributed by atoms with Crippen molar-refractivity contribution >= 4 is 15.7 Å². The highest BCUT2D eigenvalue weighted by atomic mass is 32.2. The summed E-state index contributed by atoms with van der Waals surface area (Å²) in [7, 11) is -3.54. The largest absolute Gasteiger partial charge is 0.492 e. The van der Waals surface area contributed by atoms with Crippen molar-refractivity contribution in [1.82, 2.24) is 4.98 Å². The first-order valence-electron chi connectivity index (χ1n) is 5.70. The van der Waals surface area contributed by atoms with Gasteiger partial charge in [0.1, 0.15) is 17.3 Å². The number of nitrogens with two attached hydrogens (primary N) is 1. The van der Waals surface area contributed by atoms with Crippen LogP contribution in [0.3, 0.4) is 0 Å². The van der Waals surface area contributed by atoms with Gasteiger partial charge in [0.25, 0.3) is 10.0 Å². The lowest BCUT2D eigenvalue weighted by atomic mass is 10.3. The summed E-state index contributed by atoms with van der Waals surface area (Å²) < 4.78 is 31.7. The van der Waals surface area contributed by atoms with Crippen molar-refractivity contribution in [3.63, 3.8) is 0 Å². The van der Waals surface area contributed by atoms with Crippen LogP contribution in [-0.2, 0) is 10.0 Å². The minimum atomic E-state index is -3.54. The number of aromatic nitrogens is 1. The third kappa shape index (κ3) is 3.49. The first-order chi connectivity index (χ1) is 9.12. The van der Waals surface area contributed by atoms with Crippen LogP contribution >= 0.6 is 0 Å². The molecule has 1 heterocycles. The molecule has 0 saturated carbocycles. The topological polar surface area (TPSA) is 97.2 Å². The first-order valence-corrected chi connectivity index (χ1v) is 7.19. The maximum Gasteiger partial charge on any atom is 0.263 e. The Balaban J connectivity index is 2.07. The van der Waals surface area contributed by atoms with E-state index >= 15 is 0 Å². The van der Waals surface area contributed by atoms with Crippen LogP contribution < -0.4 is 15.2 Å². The van der Waals surface area contributed by atoms with Crippen molar-refractivity contribution in [3.05, 3.63) is 42.7 Å². The van der Waals surface area contributed by atoms with Gasteiger partial charge in [0.05, 0.1) is 0 Å². The molecule has 0 unspecified atom stereocenters. The number of benzene rings is 1. The van der Waals surface area contributed by atoms with Crippen LogP contribution in [0.5, 0.6) is 5.75 Å². The fourth-order valence-corrected chi connectivity index (χ4v) is 2.52. The highest BCUT2D eigenvalue weighted by Crippen LogP contribution is 2.19. The Morgan fingerprint density at radius 1 is 1.21 bits per heavy atom. The number of ether oxygens (including phenoxy) is 1. The molecule has 0 spiro atoms. The zero-order chi connectivity index (χ0) is 13.7. The Bertz CT molecular complexity index is 606. The van der Waals surface area contributed by atoms with E-state index in [1.54, 1.807) is 30.5 Å². The summed E-state index contributed by atoms with van der Waals surface area (Å²) in [5.74, 6) is 0.648. The molecule has 6 nitrogen and oxygen atoms in total. The Labute approximate surface area is 111 Å². The van der Waals surface area contributed by atoms with Crippen LogP contribution in [0.4, 0.5) is 5.69 Å². The van der Waals surface area contributed by atoms with Gasteiger partial charge in [-0.05, 0) is 30.3 Å². The first kappa shape index (κ1) is 13.4. The van der Waals surface area contributed by atoms with Gasteiger partial charge in [-0.3, -0.25) is 4.72 Å². The Morgan fingerprint density at radius 3 is 2.53 bits per heavy atom. The van der Waals surface area contributed by atoms with E-state index in [0.717, 1.165) is 0 Å². The quantitative estimate of drug-likeness (QED) is 0.740. The number of hydrogen-bond donors (Lipinski definition) is 3. The lowest BCUT2D eigenvalue weighted by Crippen LogP contribution is -2.12. The maximum absolute atomic E-state index is 11.9. The number of rotatable bonds is 6. The normalized spacial score (nSPS) is 11.2. The molecule has 0 atom stereocenters. The Kier molecular flexibility index (Phi) is 4.08. The van der Waals surface area contributed by atoms with Crippen molar-refractivity contribution in [2.75, 3.05) is 17.9 Å². The van der Waals surface area contributed by atoms with Crippen LogP contribution in [0, 0.1) is 0 Å². The van der Waals surface area contributed by atoms with Crippen molar-refractivity contribution in [2.24, 2.45) is 5.73 Å². The van der Waals surface area contributed by atoms with Gasteiger partial charge in [-0.1, -0.05) is 0 Å². The minimum absolute atomic E-state index is 0.191. The van der Waals surface area contributed by atoms with Crippen LogP contribution in [0.15, 0.2) is 47.6 Å². The fourth-order valence-electron chi connectivity index (χ4n) is 1.49. The number of sulfonamides is 1. The molecule has 0 aliphatic carbocycles. The molecule has 2 aromatic rings. The van der Waals surface area contributed by atoms with Crippen LogP contribution in [-0.4, -0.2) is 26.6 Å². The Morgan fingerprint density at radius 2 is 1.95 bits per heavy atom. The van der Waals surface area contributed by atoms with E-state index in [1.807, 2.05) is 0 Å². The number of H-pyrrole nitrogens is 1. The lowest BCUT2D eigenvalue weighted by molar-refractivity contribution is 0.328. The highest BCUT2D eigenvalue weighted by Gasteiger charge is 2.14. The van der Waals surface area contributed by atoms with E-state index in [2.05, 4.69) is 9.71 Å². The van der Waals surface area contributed by atoms with Crippen molar-refractivity contribution in [1.29, 1.82) is 0 Å². The molecule has 1 aromatic carbocycles. The number of anilines is 1. The molecule has 0 fully saturated rings. The molecule has 0 saturated heterocycles. The summed E-state index contributed by atoms with van der Waals surface area (Å²) in [4.78, 5) is 2.89. The van der Waals surface area contributed by atoms with Crippen molar-refractivity contribution in [3.8, 4) is 5.75 Å². The average molecular weight is 281 g/mol. The van der Waals surface area contributed by atoms with E-state index in [4.69, 9.17) is 10.5 Å². The molecule has 7 heteroatoms. The van der Waals surface area contributed by atoms with Crippen molar-refractivity contribution < 1.29 is 13.2 Å². The lowest BCUT2D eigenvalue weighted by Gasteiger charge is -2.08. The van der Waals surface area contributed by atoms with Gasteiger partial charge in [-0.25, -0.2) is 8.42 Å². The van der Waals surface area contributed by atoms with E-state index < -0.39 is 10.0 Å². The Hall–Kier alpha value is -1.99. The molecule has 0 radical (unpaired) electrons. The molecule has 0 aliphatic heterocycles. The fraction of sp³-hybridized carbons (Fsp3) is 0.167. The number of aromatic amines is 1. The molecule has 0 bridgehead atoms. The van der Waals surface area contributed by atoms with Gasteiger partial charge in [0, 0.05) is 24.6 Å². The second kappa shape index (κ2) is 5.77. The predicted molar refractivity (Wildman–Crippen MR) is 72.6 cm³/mol. The maximum atomic E-state index is 11.9. The van der Waals surface area contributed by atoms with Gasteiger partial charge < -0.3 is 15.5 Å². The molecule has 2 rings (SSSR count). The standard InChI is InChI=1S/C12H15N3O3S/c13-6-8-18-11-3-1-10(2-4-11)15-19(16,17)12-5-7-14-9-12/h1-5,7,9,14-15H,6,8,13H2. The molecule has 102 valence electrons. The zero-order valence-electron chi connectivity index (χ0n) is 10.2. The summed E-state index contributed by atoms with van der Waals surface area (Å²) in [6.07, 6.45) is 2.97. The summed E-state index contributed by atoms with van der Waals surface area (Å²) in [6, 6.07) is 8.13. The summed E-state index contributed by atoms with van der Waals surface area (Å²) in [6.45, 7) is 0.857. The van der Waals surface area contributed by atoms with Crippen LogP contribution in [0.2, 0.25) is 0 Å². The second-order valence-electron chi connectivity index (χ2n) is 3.81. The van der Waals surface area contributed by atoms with E-state index in [1.165, 1.54) is 12.3 Å². The highest BCUT2D eigenvalue weighted by molar-refractivity contribution is 7.92. The predicted octanol–water partition coefficient (Wildman–Crippen LogP) is 1.15. The van der Waals surface area contributed by atoms with Crippen LogP contribution in [0.1, 0.15) is 0 Å². The molecule has 4 N–H and O–H groups in total. The molecule has 0 aliphatic rings. The SMILES string of the molecule is NCCOc1ccc(NS(=O)(=O)c2cc[nH]c2)cc1. The average Bonchev–Trinajstić information content (AvgIpc) is 2.92. The van der Waals surface area contributed by atoms with Gasteiger partial charge in [0.2, 0.25) is 0 Å². The molecular weight excluding hydrogens is 266 g/mol. The van der Waals surface area contributed by atoms with Gasteiger partial charge in [-0.2, -0.15) is 0 Å². The van der Waals surface area contributed by atoms with Crippen molar-refractivity contribution in [2.45, 2.75) is 4.90 Å². The third-order valence-corrected chi connectivity index (χ3v) is 3.75. The summed E-state index contributed by atoms with van der Waals surface area (Å²) in [5.41, 5.74) is 5.80. The molecule has 19 heavy (non-hydrogen) atoms. The van der Waals surface area contributed by atoms with E-state index in [-0.39, 0.29) is 4.90 Å². The van der Waals surface area contributed by atoms with E-state index in [0.29, 0.717) is 24.6 Å². The molecule has 1 aromatic heterocycles. The second-order valence-corrected chi connectivity index (χ2v) is 5.50. The monoisotopic (exact) mass is 281 g/mol. The molecule has 0 amide bonds. The number of hydrogen-bond acceptors (Lipinski definition) is 4. The summed E-state index contributed by atoms with van der Waals surface area (Å²) in [5, 5.41) is 0. The number of nitrogens with one attached hydrogen (secondary N) is 2.